The van der Waals surface area contributed by atoms with Gasteiger partial charge in [0.25, 0.3) is 0 Å². The molecule has 0 unspecified atom stereocenters. The molecule has 20 heavy (non-hydrogen) atoms. The molecule has 0 radical (unpaired) electrons. The van der Waals surface area contributed by atoms with E-state index in [0.29, 0.717) is 17.2 Å². The number of aromatic nitrogens is 4. The summed E-state index contributed by atoms with van der Waals surface area (Å²) in [5.74, 6) is 2.08. The van der Waals surface area contributed by atoms with Gasteiger partial charge in [0.05, 0.1) is 12.8 Å². The SMILES string of the molecule is COc1ccccc1Oc1ccc(-n2cnnn2)cc1. The van der Waals surface area contributed by atoms with Crippen LogP contribution in [0.1, 0.15) is 0 Å². The lowest BCUT2D eigenvalue weighted by molar-refractivity contribution is 0.379. The van der Waals surface area contributed by atoms with Crippen LogP contribution in [0.15, 0.2) is 54.9 Å². The van der Waals surface area contributed by atoms with Gasteiger partial charge in [0.15, 0.2) is 11.5 Å². The fraction of sp³-hybridized carbons (Fsp3) is 0.0714. The van der Waals surface area contributed by atoms with Crippen LogP contribution in [0.3, 0.4) is 0 Å². The third-order valence-electron chi connectivity index (χ3n) is 2.75. The zero-order valence-electron chi connectivity index (χ0n) is 10.8. The number of tetrazole rings is 1. The summed E-state index contributed by atoms with van der Waals surface area (Å²) in [7, 11) is 1.61. The number of hydrogen-bond acceptors (Lipinski definition) is 5. The van der Waals surface area contributed by atoms with E-state index in [9.17, 15) is 0 Å². The summed E-state index contributed by atoms with van der Waals surface area (Å²) in [6.07, 6.45) is 1.54. The summed E-state index contributed by atoms with van der Waals surface area (Å²) in [5.41, 5.74) is 0.863. The van der Waals surface area contributed by atoms with Crippen LogP contribution in [0.2, 0.25) is 0 Å². The van der Waals surface area contributed by atoms with Crippen LogP contribution in [-0.4, -0.2) is 27.3 Å². The Morgan fingerprint density at radius 1 is 0.950 bits per heavy atom. The highest BCUT2D eigenvalue weighted by atomic mass is 16.5. The first kappa shape index (κ1) is 12.2. The summed E-state index contributed by atoms with van der Waals surface area (Å²) >= 11 is 0. The Labute approximate surface area is 115 Å². The third-order valence-corrected chi connectivity index (χ3v) is 2.75. The summed E-state index contributed by atoms with van der Waals surface area (Å²) in [6.45, 7) is 0. The first-order valence-corrected chi connectivity index (χ1v) is 6.01. The first-order valence-electron chi connectivity index (χ1n) is 6.01. The largest absolute Gasteiger partial charge is 0.493 e. The molecular formula is C14H12N4O2. The molecule has 0 bridgehead atoms. The average molecular weight is 268 g/mol. The van der Waals surface area contributed by atoms with Crippen molar-refractivity contribution in [3.63, 3.8) is 0 Å². The van der Waals surface area contributed by atoms with Crippen molar-refractivity contribution >= 4 is 0 Å². The maximum Gasteiger partial charge on any atom is 0.169 e. The molecular weight excluding hydrogens is 256 g/mol. The lowest BCUT2D eigenvalue weighted by Crippen LogP contribution is -1.95. The number of rotatable bonds is 4. The summed E-state index contributed by atoms with van der Waals surface area (Å²) < 4.78 is 12.6. The van der Waals surface area contributed by atoms with Gasteiger partial charge in [-0.3, -0.25) is 0 Å². The number of para-hydroxylation sites is 2. The van der Waals surface area contributed by atoms with Crippen LogP contribution in [0, 0.1) is 0 Å². The van der Waals surface area contributed by atoms with Crippen molar-refractivity contribution in [1.29, 1.82) is 0 Å². The molecule has 3 rings (SSSR count). The second kappa shape index (κ2) is 5.40. The van der Waals surface area contributed by atoms with Crippen molar-refractivity contribution < 1.29 is 9.47 Å². The van der Waals surface area contributed by atoms with E-state index in [4.69, 9.17) is 9.47 Å². The molecule has 0 aliphatic rings. The van der Waals surface area contributed by atoms with Crippen molar-refractivity contribution in [1.82, 2.24) is 20.2 Å². The van der Waals surface area contributed by atoms with Gasteiger partial charge in [-0.2, -0.15) is 0 Å². The maximum atomic E-state index is 5.79. The number of methoxy groups -OCH3 is 1. The molecule has 3 aromatic rings. The van der Waals surface area contributed by atoms with Gasteiger partial charge in [-0.1, -0.05) is 12.1 Å². The van der Waals surface area contributed by atoms with Crippen molar-refractivity contribution in [2.45, 2.75) is 0 Å². The lowest BCUT2D eigenvalue weighted by Gasteiger charge is -2.10. The fourth-order valence-electron chi connectivity index (χ4n) is 1.78. The van der Waals surface area contributed by atoms with Crippen molar-refractivity contribution in [2.24, 2.45) is 0 Å². The van der Waals surface area contributed by atoms with Gasteiger partial charge in [-0.15, -0.1) is 5.10 Å². The van der Waals surface area contributed by atoms with Gasteiger partial charge in [0.1, 0.15) is 12.1 Å². The lowest BCUT2D eigenvalue weighted by atomic mass is 10.3. The van der Waals surface area contributed by atoms with E-state index in [-0.39, 0.29) is 0 Å². The van der Waals surface area contributed by atoms with E-state index >= 15 is 0 Å². The van der Waals surface area contributed by atoms with Crippen LogP contribution >= 0.6 is 0 Å². The van der Waals surface area contributed by atoms with E-state index in [0.717, 1.165) is 5.69 Å². The van der Waals surface area contributed by atoms with E-state index in [1.807, 2.05) is 48.5 Å². The Balaban J connectivity index is 1.82. The Bertz CT molecular complexity index is 681. The summed E-state index contributed by atoms with van der Waals surface area (Å²) in [4.78, 5) is 0. The molecule has 1 aromatic heterocycles. The highest BCUT2D eigenvalue weighted by Gasteiger charge is 2.04. The molecule has 0 fully saturated rings. The highest BCUT2D eigenvalue weighted by Crippen LogP contribution is 2.31. The van der Waals surface area contributed by atoms with E-state index < -0.39 is 0 Å². The predicted molar refractivity (Wildman–Crippen MR) is 72.2 cm³/mol. The van der Waals surface area contributed by atoms with Gasteiger partial charge in [0, 0.05) is 0 Å². The Hall–Kier alpha value is -2.89. The molecule has 1 heterocycles. The van der Waals surface area contributed by atoms with Crippen LogP contribution in [-0.2, 0) is 0 Å². The second-order valence-electron chi connectivity index (χ2n) is 4.00. The first-order chi connectivity index (χ1) is 9.86. The molecule has 0 aliphatic heterocycles. The van der Waals surface area contributed by atoms with Gasteiger partial charge in [-0.25, -0.2) is 4.68 Å². The monoisotopic (exact) mass is 268 g/mol. The smallest absolute Gasteiger partial charge is 0.169 e. The summed E-state index contributed by atoms with van der Waals surface area (Å²) in [6, 6.07) is 15.0. The average Bonchev–Trinajstić information content (AvgIpc) is 3.03. The van der Waals surface area contributed by atoms with Crippen molar-refractivity contribution in [2.75, 3.05) is 7.11 Å². The highest BCUT2D eigenvalue weighted by molar-refractivity contribution is 5.44. The molecule has 0 saturated carbocycles. The van der Waals surface area contributed by atoms with Gasteiger partial charge < -0.3 is 9.47 Å². The van der Waals surface area contributed by atoms with E-state index in [1.165, 1.54) is 6.33 Å². The number of nitrogens with zero attached hydrogens (tertiary/aromatic N) is 4. The van der Waals surface area contributed by atoms with E-state index in [2.05, 4.69) is 15.5 Å². The van der Waals surface area contributed by atoms with Crippen molar-refractivity contribution in [3.05, 3.63) is 54.9 Å². The zero-order chi connectivity index (χ0) is 13.8. The Morgan fingerprint density at radius 2 is 1.70 bits per heavy atom. The predicted octanol–water partition coefficient (Wildman–Crippen LogP) is 2.46. The quantitative estimate of drug-likeness (QED) is 0.727. The normalized spacial score (nSPS) is 10.2. The zero-order valence-corrected chi connectivity index (χ0v) is 10.8. The van der Waals surface area contributed by atoms with Crippen molar-refractivity contribution in [3.8, 4) is 22.9 Å². The van der Waals surface area contributed by atoms with Crippen LogP contribution in [0.5, 0.6) is 17.2 Å². The molecule has 0 N–H and O–H groups in total. The summed E-state index contributed by atoms with van der Waals surface area (Å²) in [5, 5.41) is 11.0. The number of benzene rings is 2. The Morgan fingerprint density at radius 3 is 2.35 bits per heavy atom. The van der Waals surface area contributed by atoms with Crippen LogP contribution in [0.4, 0.5) is 0 Å². The molecule has 0 atom stereocenters. The minimum absolute atomic E-state index is 0.671. The molecule has 6 nitrogen and oxygen atoms in total. The van der Waals surface area contributed by atoms with Gasteiger partial charge in [0.2, 0.25) is 0 Å². The van der Waals surface area contributed by atoms with Crippen LogP contribution in [0.25, 0.3) is 5.69 Å². The Kier molecular flexibility index (Phi) is 3.28. The number of hydrogen-bond donors (Lipinski definition) is 0. The molecule has 0 saturated heterocycles. The van der Waals surface area contributed by atoms with Crippen LogP contribution < -0.4 is 9.47 Å². The molecule has 0 aliphatic carbocycles. The fourth-order valence-corrected chi connectivity index (χ4v) is 1.78. The minimum atomic E-state index is 0.671. The molecule has 0 amide bonds. The van der Waals surface area contributed by atoms with Gasteiger partial charge >= 0.3 is 0 Å². The molecule has 6 heteroatoms. The molecule has 0 spiro atoms. The molecule has 2 aromatic carbocycles. The van der Waals surface area contributed by atoms with Gasteiger partial charge in [-0.05, 0) is 46.8 Å². The standard InChI is InChI=1S/C14H12N4O2/c1-19-13-4-2-3-5-14(13)20-12-8-6-11(7-9-12)18-10-15-16-17-18/h2-10H,1H3. The topological polar surface area (TPSA) is 62.1 Å². The molecule has 100 valence electrons. The second-order valence-corrected chi connectivity index (χ2v) is 4.00. The number of ether oxygens (including phenoxy) is 2. The minimum Gasteiger partial charge on any atom is -0.493 e. The van der Waals surface area contributed by atoms with E-state index in [1.54, 1.807) is 11.8 Å². The third kappa shape index (κ3) is 2.44. The maximum absolute atomic E-state index is 5.79.